The monoisotopic (exact) mass is 263 g/mol. The summed E-state index contributed by atoms with van der Waals surface area (Å²) in [7, 11) is 1.26. The van der Waals surface area contributed by atoms with Crippen molar-refractivity contribution in [2.45, 2.75) is 0 Å². The molecule has 0 fully saturated rings. The Balaban J connectivity index is 2.43. The topological polar surface area (TPSA) is 78.1 Å². The molecule has 1 aromatic carbocycles. The van der Waals surface area contributed by atoms with Crippen molar-refractivity contribution >= 4 is 23.4 Å². The van der Waals surface area contributed by atoms with Gasteiger partial charge in [-0.2, -0.15) is 0 Å². The maximum Gasteiger partial charge on any atom is 0.360 e. The van der Waals surface area contributed by atoms with Crippen molar-refractivity contribution in [2.75, 3.05) is 12.8 Å². The third-order valence-corrected chi connectivity index (χ3v) is 2.53. The molecule has 0 radical (unpaired) electrons. The molecule has 0 aliphatic carbocycles. The summed E-state index contributed by atoms with van der Waals surface area (Å²) < 4.78 is 4.54. The van der Waals surface area contributed by atoms with Crippen molar-refractivity contribution in [3.05, 3.63) is 41.2 Å². The van der Waals surface area contributed by atoms with Crippen LogP contribution in [0.2, 0.25) is 5.02 Å². The van der Waals surface area contributed by atoms with Gasteiger partial charge in [0.2, 0.25) is 0 Å². The van der Waals surface area contributed by atoms with Crippen molar-refractivity contribution in [1.29, 1.82) is 0 Å². The Morgan fingerprint density at radius 3 is 2.83 bits per heavy atom. The van der Waals surface area contributed by atoms with E-state index in [-0.39, 0.29) is 11.5 Å². The van der Waals surface area contributed by atoms with Crippen molar-refractivity contribution in [3.63, 3.8) is 0 Å². The molecule has 0 amide bonds. The van der Waals surface area contributed by atoms with Crippen molar-refractivity contribution in [3.8, 4) is 11.3 Å². The molecule has 0 saturated heterocycles. The van der Waals surface area contributed by atoms with E-state index in [2.05, 4.69) is 14.7 Å². The van der Waals surface area contributed by atoms with Gasteiger partial charge in [0.05, 0.1) is 19.0 Å². The summed E-state index contributed by atoms with van der Waals surface area (Å²) in [5, 5.41) is 0.588. The lowest BCUT2D eigenvalue weighted by Crippen LogP contribution is -2.10. The average molecular weight is 264 g/mol. The number of esters is 1. The predicted molar refractivity (Wildman–Crippen MR) is 68.2 cm³/mol. The van der Waals surface area contributed by atoms with E-state index in [4.69, 9.17) is 17.3 Å². The minimum atomic E-state index is -0.613. The van der Waals surface area contributed by atoms with Crippen LogP contribution in [0.5, 0.6) is 0 Å². The third-order valence-electron chi connectivity index (χ3n) is 2.30. The molecule has 0 unspecified atom stereocenters. The number of hydrogen-bond acceptors (Lipinski definition) is 5. The molecule has 0 aliphatic rings. The number of nitrogens with two attached hydrogens (primary N) is 1. The number of carbonyl (C=O) groups excluding carboxylic acids is 1. The van der Waals surface area contributed by atoms with Gasteiger partial charge >= 0.3 is 5.97 Å². The molecule has 0 saturated carbocycles. The highest BCUT2D eigenvalue weighted by molar-refractivity contribution is 6.30. The fourth-order valence-electron chi connectivity index (χ4n) is 1.44. The van der Waals surface area contributed by atoms with Gasteiger partial charge in [-0.15, -0.1) is 0 Å². The average Bonchev–Trinajstić information content (AvgIpc) is 2.37. The summed E-state index contributed by atoms with van der Waals surface area (Å²) in [6.45, 7) is 0. The Labute approximate surface area is 109 Å². The quantitative estimate of drug-likeness (QED) is 0.840. The van der Waals surface area contributed by atoms with Crippen LogP contribution in [-0.2, 0) is 4.74 Å². The second kappa shape index (κ2) is 5.01. The summed E-state index contributed by atoms with van der Waals surface area (Å²) in [6.07, 6.45) is 1.45. The number of methoxy groups -OCH3 is 1. The van der Waals surface area contributed by atoms with E-state index in [0.717, 1.165) is 5.56 Å². The zero-order chi connectivity index (χ0) is 13.1. The summed E-state index contributed by atoms with van der Waals surface area (Å²) in [5.41, 5.74) is 6.99. The van der Waals surface area contributed by atoms with Crippen molar-refractivity contribution in [2.24, 2.45) is 0 Å². The van der Waals surface area contributed by atoms with Crippen LogP contribution in [0.15, 0.2) is 30.5 Å². The van der Waals surface area contributed by atoms with Crippen LogP contribution in [0, 0.1) is 0 Å². The Morgan fingerprint density at radius 2 is 2.22 bits per heavy atom. The van der Waals surface area contributed by atoms with E-state index in [1.165, 1.54) is 13.3 Å². The van der Waals surface area contributed by atoms with Gasteiger partial charge < -0.3 is 10.5 Å². The number of nitrogen functional groups attached to an aromatic ring is 1. The van der Waals surface area contributed by atoms with Crippen LogP contribution >= 0.6 is 11.6 Å². The zero-order valence-corrected chi connectivity index (χ0v) is 10.3. The number of benzene rings is 1. The van der Waals surface area contributed by atoms with Gasteiger partial charge in [0.25, 0.3) is 0 Å². The van der Waals surface area contributed by atoms with E-state index in [1.807, 2.05) is 6.07 Å². The van der Waals surface area contributed by atoms with E-state index in [1.54, 1.807) is 18.2 Å². The Hall–Kier alpha value is -2.14. The number of rotatable bonds is 2. The lowest BCUT2D eigenvalue weighted by Gasteiger charge is -2.05. The fraction of sp³-hybridized carbons (Fsp3) is 0.0833. The SMILES string of the molecule is COC(=O)c1ncc(-c2cccc(Cl)c2)nc1N. The van der Waals surface area contributed by atoms with Crippen LogP contribution in [-0.4, -0.2) is 23.0 Å². The van der Waals surface area contributed by atoms with Crippen LogP contribution in [0.25, 0.3) is 11.3 Å². The summed E-state index contributed by atoms with van der Waals surface area (Å²) >= 11 is 5.89. The van der Waals surface area contributed by atoms with E-state index in [9.17, 15) is 4.79 Å². The standard InChI is InChI=1S/C12H10ClN3O2/c1-18-12(17)10-11(14)16-9(6-15-10)7-3-2-4-8(13)5-7/h2-6H,1H3,(H2,14,16). The first-order valence-electron chi connectivity index (χ1n) is 5.08. The number of halogens is 1. The molecule has 2 N–H and O–H groups in total. The number of hydrogen-bond donors (Lipinski definition) is 1. The second-order valence-electron chi connectivity index (χ2n) is 3.49. The minimum absolute atomic E-state index is 0.00304. The highest BCUT2D eigenvalue weighted by Crippen LogP contribution is 2.21. The Morgan fingerprint density at radius 1 is 1.44 bits per heavy atom. The van der Waals surface area contributed by atoms with Gasteiger partial charge in [-0.1, -0.05) is 23.7 Å². The number of aromatic nitrogens is 2. The molecular weight excluding hydrogens is 254 g/mol. The first kappa shape index (κ1) is 12.3. The van der Waals surface area contributed by atoms with Gasteiger partial charge in [0.15, 0.2) is 11.5 Å². The molecule has 18 heavy (non-hydrogen) atoms. The van der Waals surface area contributed by atoms with Gasteiger partial charge in [-0.05, 0) is 12.1 Å². The smallest absolute Gasteiger partial charge is 0.360 e. The number of carbonyl (C=O) groups is 1. The number of anilines is 1. The first-order valence-corrected chi connectivity index (χ1v) is 5.46. The van der Waals surface area contributed by atoms with E-state index >= 15 is 0 Å². The molecule has 6 heteroatoms. The largest absolute Gasteiger partial charge is 0.464 e. The summed E-state index contributed by atoms with van der Waals surface area (Å²) in [4.78, 5) is 19.4. The first-order chi connectivity index (χ1) is 8.61. The normalized spacial score (nSPS) is 10.1. The number of nitrogens with zero attached hydrogens (tertiary/aromatic N) is 2. The van der Waals surface area contributed by atoms with E-state index < -0.39 is 5.97 Å². The predicted octanol–water partition coefficient (Wildman–Crippen LogP) is 2.17. The minimum Gasteiger partial charge on any atom is -0.464 e. The number of ether oxygens (including phenoxy) is 1. The molecular formula is C12H10ClN3O2. The third kappa shape index (κ3) is 2.41. The lowest BCUT2D eigenvalue weighted by molar-refractivity contribution is 0.0595. The molecule has 2 aromatic rings. The van der Waals surface area contributed by atoms with Crippen molar-refractivity contribution < 1.29 is 9.53 Å². The zero-order valence-electron chi connectivity index (χ0n) is 9.55. The van der Waals surface area contributed by atoms with Crippen LogP contribution in [0.4, 0.5) is 5.82 Å². The maximum atomic E-state index is 11.3. The van der Waals surface area contributed by atoms with Gasteiger partial charge in [0, 0.05) is 10.6 Å². The maximum absolute atomic E-state index is 11.3. The Kier molecular flexibility index (Phi) is 3.43. The fourth-order valence-corrected chi connectivity index (χ4v) is 1.63. The summed E-state index contributed by atoms with van der Waals surface area (Å²) in [5.74, 6) is -0.586. The lowest BCUT2D eigenvalue weighted by atomic mass is 10.1. The van der Waals surface area contributed by atoms with E-state index in [0.29, 0.717) is 10.7 Å². The molecule has 0 atom stereocenters. The molecule has 0 bridgehead atoms. The highest BCUT2D eigenvalue weighted by atomic mass is 35.5. The Bertz CT molecular complexity index is 602. The second-order valence-corrected chi connectivity index (χ2v) is 3.93. The molecule has 92 valence electrons. The summed E-state index contributed by atoms with van der Waals surface area (Å²) in [6, 6.07) is 7.12. The van der Waals surface area contributed by atoms with Gasteiger partial charge in [0.1, 0.15) is 0 Å². The van der Waals surface area contributed by atoms with Crippen LogP contribution < -0.4 is 5.73 Å². The van der Waals surface area contributed by atoms with Gasteiger partial charge in [-0.3, -0.25) is 0 Å². The highest BCUT2D eigenvalue weighted by Gasteiger charge is 2.14. The molecule has 0 aliphatic heterocycles. The molecule has 2 rings (SSSR count). The molecule has 1 aromatic heterocycles. The molecule has 0 spiro atoms. The van der Waals surface area contributed by atoms with Gasteiger partial charge in [-0.25, -0.2) is 14.8 Å². The van der Waals surface area contributed by atoms with Crippen LogP contribution in [0.1, 0.15) is 10.5 Å². The van der Waals surface area contributed by atoms with Crippen molar-refractivity contribution in [1.82, 2.24) is 9.97 Å². The molecule has 5 nitrogen and oxygen atoms in total. The van der Waals surface area contributed by atoms with Crippen LogP contribution in [0.3, 0.4) is 0 Å². The molecule has 1 heterocycles.